The molecule has 1 N–H and O–H groups in total. The number of halogens is 3. The van der Waals surface area contributed by atoms with Crippen LogP contribution in [0.1, 0.15) is 18.5 Å². The molecule has 1 heterocycles. The van der Waals surface area contributed by atoms with Crippen LogP contribution in [0.3, 0.4) is 0 Å². The predicted octanol–water partition coefficient (Wildman–Crippen LogP) is 4.94. The monoisotopic (exact) mass is 374 g/mol. The average Bonchev–Trinajstić information content (AvgIpc) is 3.30. The van der Waals surface area contributed by atoms with Gasteiger partial charge in [0, 0.05) is 11.8 Å². The fourth-order valence-corrected chi connectivity index (χ4v) is 3.02. The van der Waals surface area contributed by atoms with Gasteiger partial charge in [0.05, 0.1) is 21.7 Å². The van der Waals surface area contributed by atoms with Gasteiger partial charge in [-0.3, -0.25) is 4.79 Å². The fraction of sp³-hybridized carbons (Fsp3) is 0.158. The molecule has 1 aliphatic rings. The van der Waals surface area contributed by atoms with E-state index < -0.39 is 17.0 Å². The lowest BCUT2D eigenvalue weighted by atomic mass is 10.00. The van der Waals surface area contributed by atoms with Crippen LogP contribution < -0.4 is 5.32 Å². The Balaban J connectivity index is 1.58. The first-order chi connectivity index (χ1) is 12.5. The smallest absolute Gasteiger partial charge is 0.236 e. The summed E-state index contributed by atoms with van der Waals surface area (Å²) in [5.74, 6) is -1.00. The molecule has 0 unspecified atom stereocenters. The highest BCUT2D eigenvalue weighted by molar-refractivity contribution is 6.31. The Bertz CT molecular complexity index is 999. The van der Waals surface area contributed by atoms with Gasteiger partial charge in [0.15, 0.2) is 5.76 Å². The zero-order chi connectivity index (χ0) is 18.3. The van der Waals surface area contributed by atoms with Gasteiger partial charge in [-0.05, 0) is 43.2 Å². The SMILES string of the molecule is O=C(Nc1ccc(F)c(Cl)c1)C1(c2cc(-c3ccccc3F)on2)CC1. The first kappa shape index (κ1) is 16.7. The summed E-state index contributed by atoms with van der Waals surface area (Å²) in [5, 5.41) is 6.63. The third kappa shape index (κ3) is 2.86. The highest BCUT2D eigenvalue weighted by atomic mass is 35.5. The molecule has 26 heavy (non-hydrogen) atoms. The van der Waals surface area contributed by atoms with Gasteiger partial charge in [0.1, 0.15) is 11.6 Å². The van der Waals surface area contributed by atoms with Crippen molar-refractivity contribution in [2.24, 2.45) is 0 Å². The molecule has 0 aliphatic heterocycles. The van der Waals surface area contributed by atoms with Gasteiger partial charge in [-0.2, -0.15) is 0 Å². The summed E-state index contributed by atoms with van der Waals surface area (Å²) < 4.78 is 32.4. The molecular weight excluding hydrogens is 362 g/mol. The maximum absolute atomic E-state index is 13.9. The Hall–Kier alpha value is -2.73. The number of anilines is 1. The van der Waals surface area contributed by atoms with E-state index in [9.17, 15) is 13.6 Å². The van der Waals surface area contributed by atoms with Crippen LogP contribution in [0.2, 0.25) is 5.02 Å². The molecular formula is C19H13ClF2N2O2. The minimum absolute atomic E-state index is 0.0732. The van der Waals surface area contributed by atoms with Crippen molar-refractivity contribution in [1.82, 2.24) is 5.16 Å². The molecule has 4 nitrogen and oxygen atoms in total. The number of nitrogens with zero attached hydrogens (tertiary/aromatic N) is 1. The van der Waals surface area contributed by atoms with Crippen LogP contribution >= 0.6 is 11.6 Å². The van der Waals surface area contributed by atoms with Crippen molar-refractivity contribution in [3.8, 4) is 11.3 Å². The van der Waals surface area contributed by atoms with Crippen LogP contribution in [-0.2, 0) is 10.2 Å². The number of nitrogens with one attached hydrogen (secondary N) is 1. The lowest BCUT2D eigenvalue weighted by Gasteiger charge is -2.12. The summed E-state index contributed by atoms with van der Waals surface area (Å²) in [6, 6.07) is 11.7. The van der Waals surface area contributed by atoms with Crippen LogP contribution in [0.4, 0.5) is 14.5 Å². The highest BCUT2D eigenvalue weighted by Gasteiger charge is 2.54. The summed E-state index contributed by atoms with van der Waals surface area (Å²) in [6.07, 6.45) is 1.19. The Morgan fingerprint density at radius 1 is 1.12 bits per heavy atom. The van der Waals surface area contributed by atoms with Gasteiger partial charge in [0.25, 0.3) is 0 Å². The van der Waals surface area contributed by atoms with E-state index in [0.717, 1.165) is 0 Å². The number of benzene rings is 2. The Morgan fingerprint density at radius 3 is 2.58 bits per heavy atom. The van der Waals surface area contributed by atoms with Gasteiger partial charge in [-0.25, -0.2) is 8.78 Å². The average molecular weight is 375 g/mol. The zero-order valence-corrected chi connectivity index (χ0v) is 14.2. The molecule has 3 aromatic rings. The molecule has 0 atom stereocenters. The number of amides is 1. The van der Waals surface area contributed by atoms with Crippen LogP contribution in [-0.4, -0.2) is 11.1 Å². The van der Waals surface area contributed by atoms with Gasteiger partial charge in [-0.1, -0.05) is 28.9 Å². The molecule has 1 amide bonds. The minimum Gasteiger partial charge on any atom is -0.356 e. The molecule has 0 spiro atoms. The Morgan fingerprint density at radius 2 is 1.88 bits per heavy atom. The number of rotatable bonds is 4. The highest BCUT2D eigenvalue weighted by Crippen LogP contribution is 2.49. The molecule has 4 rings (SSSR count). The first-order valence-electron chi connectivity index (χ1n) is 7.98. The molecule has 1 fully saturated rings. The second-order valence-electron chi connectivity index (χ2n) is 6.22. The van der Waals surface area contributed by atoms with Crippen LogP contribution in [0.25, 0.3) is 11.3 Å². The van der Waals surface area contributed by atoms with Crippen molar-refractivity contribution >= 4 is 23.2 Å². The van der Waals surface area contributed by atoms with E-state index in [1.165, 1.54) is 24.3 Å². The van der Waals surface area contributed by atoms with E-state index in [4.69, 9.17) is 16.1 Å². The third-order valence-corrected chi connectivity index (χ3v) is 4.79. The number of carbonyl (C=O) groups is 1. The van der Waals surface area contributed by atoms with Crippen molar-refractivity contribution in [2.75, 3.05) is 5.32 Å². The molecule has 2 aromatic carbocycles. The molecule has 0 bridgehead atoms. The van der Waals surface area contributed by atoms with Crippen molar-refractivity contribution < 1.29 is 18.1 Å². The van der Waals surface area contributed by atoms with Gasteiger partial charge in [0.2, 0.25) is 5.91 Å². The van der Waals surface area contributed by atoms with E-state index in [2.05, 4.69) is 10.5 Å². The van der Waals surface area contributed by atoms with Crippen LogP contribution in [0.5, 0.6) is 0 Å². The number of carbonyl (C=O) groups excluding carboxylic acids is 1. The number of hydrogen-bond donors (Lipinski definition) is 1. The second-order valence-corrected chi connectivity index (χ2v) is 6.63. The summed E-state index contributed by atoms with van der Waals surface area (Å²) in [7, 11) is 0. The standard InChI is InChI=1S/C19H13ClF2N2O2/c20-13-9-11(5-6-15(13)22)23-18(25)19(7-8-19)17-10-16(26-24-17)12-3-1-2-4-14(12)21/h1-6,9-10H,7-8H2,(H,23,25). The molecule has 0 radical (unpaired) electrons. The predicted molar refractivity (Wildman–Crippen MR) is 92.8 cm³/mol. The van der Waals surface area contributed by atoms with Crippen molar-refractivity contribution in [2.45, 2.75) is 18.3 Å². The summed E-state index contributed by atoms with van der Waals surface area (Å²) in [6.45, 7) is 0. The molecule has 0 saturated heterocycles. The molecule has 1 saturated carbocycles. The normalized spacial score (nSPS) is 14.9. The van der Waals surface area contributed by atoms with Crippen LogP contribution in [0.15, 0.2) is 53.1 Å². The fourth-order valence-electron chi connectivity index (χ4n) is 2.84. The van der Waals surface area contributed by atoms with Crippen molar-refractivity contribution in [1.29, 1.82) is 0 Å². The van der Waals surface area contributed by atoms with E-state index in [0.29, 0.717) is 24.2 Å². The Labute approximate surface area is 152 Å². The van der Waals surface area contributed by atoms with Gasteiger partial charge in [-0.15, -0.1) is 0 Å². The van der Waals surface area contributed by atoms with Crippen molar-refractivity contribution in [3.05, 3.63) is 70.9 Å². The largest absolute Gasteiger partial charge is 0.356 e. The quantitative estimate of drug-likeness (QED) is 0.703. The molecule has 132 valence electrons. The maximum atomic E-state index is 13.9. The molecule has 1 aromatic heterocycles. The summed E-state index contributed by atoms with van der Waals surface area (Å²) >= 11 is 5.74. The second kappa shape index (κ2) is 6.21. The molecule has 7 heteroatoms. The zero-order valence-electron chi connectivity index (χ0n) is 13.4. The lowest BCUT2D eigenvalue weighted by molar-refractivity contribution is -0.118. The third-order valence-electron chi connectivity index (χ3n) is 4.50. The summed E-state index contributed by atoms with van der Waals surface area (Å²) in [4.78, 5) is 12.7. The van der Waals surface area contributed by atoms with E-state index in [1.54, 1.807) is 24.3 Å². The van der Waals surface area contributed by atoms with Gasteiger partial charge < -0.3 is 9.84 Å². The Kier molecular flexibility index (Phi) is 4.00. The maximum Gasteiger partial charge on any atom is 0.236 e. The van der Waals surface area contributed by atoms with Gasteiger partial charge >= 0.3 is 0 Å². The number of aromatic nitrogens is 1. The summed E-state index contributed by atoms with van der Waals surface area (Å²) in [5.41, 5.74) is 0.299. The first-order valence-corrected chi connectivity index (χ1v) is 8.36. The molecule has 1 aliphatic carbocycles. The van der Waals surface area contributed by atoms with Crippen LogP contribution in [0, 0.1) is 11.6 Å². The minimum atomic E-state index is -0.826. The lowest BCUT2D eigenvalue weighted by Crippen LogP contribution is -2.28. The topological polar surface area (TPSA) is 55.1 Å². The van der Waals surface area contributed by atoms with E-state index in [1.807, 2.05) is 0 Å². The number of hydrogen-bond acceptors (Lipinski definition) is 3. The van der Waals surface area contributed by atoms with E-state index in [-0.39, 0.29) is 22.3 Å². The van der Waals surface area contributed by atoms with Crippen molar-refractivity contribution in [3.63, 3.8) is 0 Å². The van der Waals surface area contributed by atoms with E-state index >= 15 is 0 Å².